The van der Waals surface area contributed by atoms with E-state index in [1.807, 2.05) is 101 Å². The molecule has 48 heavy (non-hydrogen) atoms. The van der Waals surface area contributed by atoms with E-state index in [9.17, 15) is 9.90 Å². The van der Waals surface area contributed by atoms with E-state index >= 15 is 0 Å². The van der Waals surface area contributed by atoms with E-state index in [-0.39, 0.29) is 45.7 Å². The first-order chi connectivity index (χ1) is 22.5. The first-order valence-corrected chi connectivity index (χ1v) is 16.5. The topological polar surface area (TPSA) is 79.1 Å². The summed E-state index contributed by atoms with van der Waals surface area (Å²) in [6, 6.07) is 19.2. The first kappa shape index (κ1) is 34.5. The van der Waals surface area contributed by atoms with E-state index in [0.29, 0.717) is 11.5 Å². The van der Waals surface area contributed by atoms with Crippen molar-refractivity contribution in [2.45, 2.75) is 86.9 Å². The lowest BCUT2D eigenvalue weighted by Gasteiger charge is -2.30. The molecule has 250 valence electrons. The fourth-order valence-electron chi connectivity index (χ4n) is 5.20. The van der Waals surface area contributed by atoms with Gasteiger partial charge in [-0.15, -0.1) is 0 Å². The van der Waals surface area contributed by atoms with Gasteiger partial charge in [-0.2, -0.15) is 0 Å². The van der Waals surface area contributed by atoms with Gasteiger partial charge < -0.3 is 19.3 Å². The molecular weight excluding hydrogens is 600 g/mol. The molecular formula is C42H46O6. The number of benzene rings is 2. The van der Waals surface area contributed by atoms with Crippen LogP contribution in [0.4, 0.5) is 0 Å². The molecule has 1 aliphatic carbocycles. The van der Waals surface area contributed by atoms with Crippen LogP contribution in [0.5, 0.6) is 11.5 Å². The fourth-order valence-corrected chi connectivity index (χ4v) is 5.20. The molecule has 1 aliphatic heterocycles. The Morgan fingerprint density at radius 1 is 0.750 bits per heavy atom. The molecule has 0 radical (unpaired) electrons. The van der Waals surface area contributed by atoms with Gasteiger partial charge in [0.15, 0.2) is 5.78 Å². The number of allylic oxidation sites excluding steroid dienone is 7. The zero-order valence-corrected chi connectivity index (χ0v) is 29.7. The van der Waals surface area contributed by atoms with Crippen molar-refractivity contribution in [3.63, 3.8) is 0 Å². The minimum Gasteiger partial charge on any atom is -0.871 e. The maximum Gasteiger partial charge on any atom is 0.360 e. The highest BCUT2D eigenvalue weighted by Gasteiger charge is 2.31. The SMILES string of the molecule is CC(C)Oc1ccc(C2=CC(=CC3=C([O-])C(=Cc4cc(-c5ccc(OC(C)C)cc5)[o+]c(C(C)(C)C)c4)C3=O)C=C(C(C)(C)C)O2)cc1. The summed E-state index contributed by atoms with van der Waals surface area (Å²) in [5.74, 6) is 3.73. The van der Waals surface area contributed by atoms with E-state index in [4.69, 9.17) is 18.6 Å². The summed E-state index contributed by atoms with van der Waals surface area (Å²) in [6.07, 6.45) is 7.23. The van der Waals surface area contributed by atoms with E-state index < -0.39 is 0 Å². The van der Waals surface area contributed by atoms with Crippen LogP contribution >= 0.6 is 0 Å². The van der Waals surface area contributed by atoms with Gasteiger partial charge in [-0.05, 0) is 132 Å². The van der Waals surface area contributed by atoms with Crippen LogP contribution < -0.4 is 14.6 Å². The van der Waals surface area contributed by atoms with Crippen molar-refractivity contribution in [1.29, 1.82) is 0 Å². The van der Waals surface area contributed by atoms with Crippen LogP contribution in [0, 0.1) is 5.41 Å². The molecule has 2 aromatic carbocycles. The molecule has 5 rings (SSSR count). The van der Waals surface area contributed by atoms with Gasteiger partial charge >= 0.3 is 11.5 Å². The van der Waals surface area contributed by atoms with Gasteiger partial charge in [-0.25, -0.2) is 4.42 Å². The Hall–Kier alpha value is -4.84. The predicted octanol–water partition coefficient (Wildman–Crippen LogP) is 9.61. The Balaban J connectivity index is 1.49. The molecule has 0 N–H and O–H groups in total. The molecule has 0 atom stereocenters. The van der Waals surface area contributed by atoms with Crippen molar-refractivity contribution in [1.82, 2.24) is 0 Å². The molecule has 0 saturated carbocycles. The largest absolute Gasteiger partial charge is 0.871 e. The number of hydrogen-bond acceptors (Lipinski definition) is 5. The summed E-state index contributed by atoms with van der Waals surface area (Å²) in [5, 5.41) is 13.5. The third-order valence-corrected chi connectivity index (χ3v) is 7.73. The molecule has 6 nitrogen and oxygen atoms in total. The molecule has 3 aromatic rings. The zero-order chi connectivity index (χ0) is 35.0. The Morgan fingerprint density at radius 2 is 1.31 bits per heavy atom. The molecule has 2 heterocycles. The Bertz CT molecular complexity index is 1850. The fraction of sp³-hybridized carbons (Fsp3) is 0.333. The van der Waals surface area contributed by atoms with E-state index in [2.05, 4.69) is 41.5 Å². The van der Waals surface area contributed by atoms with E-state index in [0.717, 1.165) is 45.3 Å². The minimum absolute atomic E-state index is 0.0706. The number of ether oxygens (including phenoxy) is 3. The average Bonchev–Trinajstić information content (AvgIpc) is 3.01. The van der Waals surface area contributed by atoms with Gasteiger partial charge in [0.2, 0.25) is 0 Å². The standard InChI is InChI=1S/C42H46O6/c1-25(2)45-31-15-11-29(12-16-31)35-21-27(23-37(47-35)41(5,6)7)19-33-39(43)34(40(33)44)20-28-22-36(48-38(24-28)42(8,9)10)30-13-17-32(18-14-30)46-26(3)4/h11-26H,1-10H3. The van der Waals surface area contributed by atoms with Gasteiger partial charge in [0.05, 0.1) is 29.3 Å². The van der Waals surface area contributed by atoms with E-state index in [1.54, 1.807) is 12.2 Å². The van der Waals surface area contributed by atoms with Crippen molar-refractivity contribution in [2.24, 2.45) is 5.41 Å². The lowest BCUT2D eigenvalue weighted by atomic mass is 9.84. The minimum atomic E-state index is -0.300. The van der Waals surface area contributed by atoms with Crippen LogP contribution in [-0.4, -0.2) is 18.0 Å². The predicted molar refractivity (Wildman–Crippen MR) is 190 cm³/mol. The van der Waals surface area contributed by atoms with Gasteiger partial charge in [-0.3, -0.25) is 4.79 Å². The number of ketones is 1. The quantitative estimate of drug-likeness (QED) is 0.179. The summed E-state index contributed by atoms with van der Waals surface area (Å²) in [7, 11) is 0. The first-order valence-electron chi connectivity index (χ1n) is 16.5. The molecule has 0 spiro atoms. The summed E-state index contributed by atoms with van der Waals surface area (Å²) in [6.45, 7) is 20.3. The second-order valence-electron chi connectivity index (χ2n) is 14.9. The van der Waals surface area contributed by atoms with Crippen LogP contribution in [-0.2, 0) is 14.9 Å². The molecule has 0 amide bonds. The van der Waals surface area contributed by atoms with Crippen molar-refractivity contribution >= 4 is 17.6 Å². The Morgan fingerprint density at radius 3 is 1.81 bits per heavy atom. The molecule has 0 fully saturated rings. The number of hydrogen-bond donors (Lipinski definition) is 0. The molecule has 1 aromatic heterocycles. The third-order valence-electron chi connectivity index (χ3n) is 7.73. The normalized spacial score (nSPS) is 17.0. The summed E-state index contributed by atoms with van der Waals surface area (Å²) in [5.41, 5.74) is 2.88. The van der Waals surface area contributed by atoms with Gasteiger partial charge in [0.25, 0.3) is 0 Å². The highest BCUT2D eigenvalue weighted by atomic mass is 16.5. The van der Waals surface area contributed by atoms with Crippen LogP contribution in [0.2, 0.25) is 0 Å². The molecule has 0 bridgehead atoms. The average molecular weight is 647 g/mol. The van der Waals surface area contributed by atoms with Crippen LogP contribution in [0.1, 0.15) is 86.1 Å². The van der Waals surface area contributed by atoms with Gasteiger partial charge in [0, 0.05) is 28.2 Å². The smallest absolute Gasteiger partial charge is 0.360 e. The number of Topliss-reactive ketones (excluding diaryl/α,β-unsaturated/α-hetero) is 1. The van der Waals surface area contributed by atoms with Crippen molar-refractivity contribution in [3.05, 3.63) is 124 Å². The highest BCUT2D eigenvalue weighted by molar-refractivity contribution is 6.23. The summed E-state index contributed by atoms with van der Waals surface area (Å²) in [4.78, 5) is 13.5. The zero-order valence-electron chi connectivity index (χ0n) is 29.7. The second kappa shape index (κ2) is 13.3. The van der Waals surface area contributed by atoms with Crippen LogP contribution in [0.15, 0.2) is 112 Å². The van der Waals surface area contributed by atoms with Crippen molar-refractivity contribution < 1.29 is 28.5 Å². The summed E-state index contributed by atoms with van der Waals surface area (Å²) >= 11 is 0. The third kappa shape index (κ3) is 7.99. The Labute approximate surface area is 284 Å². The number of carbonyl (C=O) groups excluding carboxylic acids is 1. The van der Waals surface area contributed by atoms with Gasteiger partial charge in [0.1, 0.15) is 23.0 Å². The van der Waals surface area contributed by atoms with Crippen LogP contribution in [0.25, 0.3) is 23.2 Å². The van der Waals surface area contributed by atoms with Crippen molar-refractivity contribution in [2.75, 3.05) is 0 Å². The lowest BCUT2D eigenvalue weighted by Crippen LogP contribution is -2.29. The molecule has 0 unspecified atom stereocenters. The van der Waals surface area contributed by atoms with Crippen molar-refractivity contribution in [3.8, 4) is 22.8 Å². The number of rotatable bonds is 8. The maximum absolute atomic E-state index is 13.5. The molecule has 2 aliphatic rings. The summed E-state index contributed by atoms with van der Waals surface area (Å²) < 4.78 is 24.2. The maximum atomic E-state index is 13.5. The highest BCUT2D eigenvalue weighted by Crippen LogP contribution is 2.39. The molecule has 0 saturated heterocycles. The van der Waals surface area contributed by atoms with E-state index in [1.165, 1.54) is 0 Å². The molecule has 6 heteroatoms. The number of carbonyl (C=O) groups is 1. The lowest BCUT2D eigenvalue weighted by molar-refractivity contribution is -0.300. The van der Waals surface area contributed by atoms with Gasteiger partial charge in [-0.1, -0.05) is 26.5 Å². The van der Waals surface area contributed by atoms with Crippen LogP contribution in [0.3, 0.4) is 0 Å². The monoisotopic (exact) mass is 646 g/mol. The Kier molecular flexibility index (Phi) is 9.59. The second-order valence-corrected chi connectivity index (χ2v) is 14.9.